The lowest BCUT2D eigenvalue weighted by atomic mass is 9.91. The van der Waals surface area contributed by atoms with Crippen molar-refractivity contribution in [3.8, 4) is 0 Å². The molecule has 2 aromatic rings. The van der Waals surface area contributed by atoms with Crippen LogP contribution in [0.4, 0.5) is 0 Å². The summed E-state index contributed by atoms with van der Waals surface area (Å²) in [6.07, 6.45) is 2.99. The van der Waals surface area contributed by atoms with Crippen LogP contribution in [0.25, 0.3) is 0 Å². The maximum atomic E-state index is 4.58. The lowest BCUT2D eigenvalue weighted by Crippen LogP contribution is -2.17. The molecule has 1 N–H and O–H groups in total. The Kier molecular flexibility index (Phi) is 3.07. The first-order valence-electron chi connectivity index (χ1n) is 6.42. The van der Waals surface area contributed by atoms with Crippen LogP contribution in [0.2, 0.25) is 0 Å². The number of nitrogens with zero attached hydrogens (tertiary/aromatic N) is 2. The Morgan fingerprint density at radius 2 is 2.00 bits per heavy atom. The minimum Gasteiger partial charge on any atom is -0.309 e. The highest BCUT2D eigenvalue weighted by molar-refractivity contribution is 5.26. The summed E-state index contributed by atoms with van der Waals surface area (Å²) >= 11 is 0. The van der Waals surface area contributed by atoms with Crippen LogP contribution in [-0.4, -0.2) is 16.5 Å². The standard InChI is InChI=1S/C15H17N3/c1-11-16-10-8-14(18-11)13-7-9-17-15(13)12-5-3-2-4-6-12/h2-6,8,10,13,15,17H,7,9H2,1H3. The van der Waals surface area contributed by atoms with Gasteiger partial charge in [-0.25, -0.2) is 9.97 Å². The van der Waals surface area contributed by atoms with E-state index in [0.29, 0.717) is 12.0 Å². The third-order valence-electron chi connectivity index (χ3n) is 3.56. The topological polar surface area (TPSA) is 37.8 Å². The minimum atomic E-state index is 0.375. The largest absolute Gasteiger partial charge is 0.309 e. The van der Waals surface area contributed by atoms with Crippen molar-refractivity contribution in [2.45, 2.75) is 25.3 Å². The van der Waals surface area contributed by atoms with Crippen molar-refractivity contribution in [1.82, 2.24) is 15.3 Å². The predicted molar refractivity (Wildman–Crippen MR) is 71.3 cm³/mol. The first kappa shape index (κ1) is 11.4. The normalized spacial score (nSPS) is 23.2. The molecular formula is C15H17N3. The molecule has 0 spiro atoms. The van der Waals surface area contributed by atoms with Crippen LogP contribution in [0.3, 0.4) is 0 Å². The van der Waals surface area contributed by atoms with Crippen LogP contribution >= 0.6 is 0 Å². The molecule has 0 aliphatic carbocycles. The molecule has 1 aliphatic heterocycles. The molecule has 1 saturated heterocycles. The van der Waals surface area contributed by atoms with E-state index in [2.05, 4.69) is 45.6 Å². The van der Waals surface area contributed by atoms with Crippen molar-refractivity contribution in [3.05, 3.63) is 59.7 Å². The van der Waals surface area contributed by atoms with Gasteiger partial charge in [0.15, 0.2) is 0 Å². The maximum absolute atomic E-state index is 4.58. The van der Waals surface area contributed by atoms with Crippen LogP contribution in [0.5, 0.6) is 0 Å². The molecule has 2 unspecified atom stereocenters. The van der Waals surface area contributed by atoms with E-state index in [9.17, 15) is 0 Å². The van der Waals surface area contributed by atoms with Gasteiger partial charge in [-0.3, -0.25) is 0 Å². The lowest BCUT2D eigenvalue weighted by Gasteiger charge is -2.19. The van der Waals surface area contributed by atoms with Crippen molar-refractivity contribution in [3.63, 3.8) is 0 Å². The first-order valence-corrected chi connectivity index (χ1v) is 6.42. The average molecular weight is 239 g/mol. The van der Waals surface area contributed by atoms with Crippen LogP contribution < -0.4 is 5.32 Å². The summed E-state index contributed by atoms with van der Waals surface area (Å²) in [6, 6.07) is 13.0. The molecule has 92 valence electrons. The smallest absolute Gasteiger partial charge is 0.125 e. The molecule has 0 saturated carbocycles. The number of aromatic nitrogens is 2. The van der Waals surface area contributed by atoms with Gasteiger partial charge in [-0.05, 0) is 31.5 Å². The summed E-state index contributed by atoms with van der Waals surface area (Å²) in [7, 11) is 0. The Labute approximate surface area is 107 Å². The summed E-state index contributed by atoms with van der Waals surface area (Å²) in [6.45, 7) is 3.00. The van der Waals surface area contributed by atoms with Gasteiger partial charge >= 0.3 is 0 Å². The Bertz CT molecular complexity index is 524. The molecule has 18 heavy (non-hydrogen) atoms. The fourth-order valence-corrected chi connectivity index (χ4v) is 2.71. The van der Waals surface area contributed by atoms with Gasteiger partial charge in [0.2, 0.25) is 0 Å². The van der Waals surface area contributed by atoms with Crippen molar-refractivity contribution in [2.24, 2.45) is 0 Å². The number of aryl methyl sites for hydroxylation is 1. The highest BCUT2D eigenvalue weighted by Gasteiger charge is 2.30. The van der Waals surface area contributed by atoms with Gasteiger partial charge in [0.25, 0.3) is 0 Å². The Morgan fingerprint density at radius 1 is 1.17 bits per heavy atom. The second kappa shape index (κ2) is 4.86. The van der Waals surface area contributed by atoms with E-state index in [0.717, 1.165) is 24.5 Å². The van der Waals surface area contributed by atoms with E-state index in [1.165, 1.54) is 5.56 Å². The Hall–Kier alpha value is -1.74. The van der Waals surface area contributed by atoms with Crippen LogP contribution in [0, 0.1) is 6.92 Å². The summed E-state index contributed by atoms with van der Waals surface area (Å²) in [5.41, 5.74) is 2.50. The number of benzene rings is 1. The van der Waals surface area contributed by atoms with E-state index in [4.69, 9.17) is 0 Å². The van der Waals surface area contributed by atoms with Crippen molar-refractivity contribution >= 4 is 0 Å². The zero-order valence-electron chi connectivity index (χ0n) is 10.5. The molecule has 1 aromatic carbocycles. The third-order valence-corrected chi connectivity index (χ3v) is 3.56. The third kappa shape index (κ3) is 2.14. The minimum absolute atomic E-state index is 0.375. The van der Waals surface area contributed by atoms with Gasteiger partial charge in [-0.2, -0.15) is 0 Å². The second-order valence-corrected chi connectivity index (χ2v) is 4.77. The molecular weight excluding hydrogens is 222 g/mol. The maximum Gasteiger partial charge on any atom is 0.125 e. The molecule has 3 rings (SSSR count). The molecule has 1 aliphatic rings. The molecule has 2 atom stereocenters. The van der Waals surface area contributed by atoms with Gasteiger partial charge < -0.3 is 5.32 Å². The Morgan fingerprint density at radius 3 is 2.78 bits per heavy atom. The molecule has 0 amide bonds. The number of hydrogen-bond donors (Lipinski definition) is 1. The number of nitrogens with one attached hydrogen (secondary N) is 1. The zero-order chi connectivity index (χ0) is 12.4. The van der Waals surface area contributed by atoms with Gasteiger partial charge in [0.05, 0.1) is 0 Å². The molecule has 0 radical (unpaired) electrons. The predicted octanol–water partition coefficient (Wildman–Crippen LogP) is 2.60. The van der Waals surface area contributed by atoms with Crippen LogP contribution in [-0.2, 0) is 0 Å². The molecule has 1 aromatic heterocycles. The average Bonchev–Trinajstić information content (AvgIpc) is 2.89. The molecule has 3 heteroatoms. The van der Waals surface area contributed by atoms with Crippen molar-refractivity contribution in [1.29, 1.82) is 0 Å². The number of rotatable bonds is 2. The van der Waals surface area contributed by atoms with E-state index in [1.54, 1.807) is 0 Å². The van der Waals surface area contributed by atoms with Crippen LogP contribution in [0.15, 0.2) is 42.6 Å². The summed E-state index contributed by atoms with van der Waals surface area (Å²) < 4.78 is 0. The quantitative estimate of drug-likeness (QED) is 0.875. The van der Waals surface area contributed by atoms with Crippen molar-refractivity contribution in [2.75, 3.05) is 6.54 Å². The molecule has 3 nitrogen and oxygen atoms in total. The van der Waals surface area contributed by atoms with Gasteiger partial charge in [-0.15, -0.1) is 0 Å². The van der Waals surface area contributed by atoms with Crippen molar-refractivity contribution < 1.29 is 0 Å². The fourth-order valence-electron chi connectivity index (χ4n) is 2.71. The summed E-state index contributed by atoms with van der Waals surface area (Å²) in [5.74, 6) is 1.31. The van der Waals surface area contributed by atoms with E-state index in [-0.39, 0.29) is 0 Å². The number of hydrogen-bond acceptors (Lipinski definition) is 3. The molecule has 0 bridgehead atoms. The van der Waals surface area contributed by atoms with E-state index in [1.807, 2.05) is 19.2 Å². The highest BCUT2D eigenvalue weighted by Crippen LogP contribution is 2.36. The van der Waals surface area contributed by atoms with Crippen LogP contribution in [0.1, 0.15) is 35.5 Å². The fraction of sp³-hybridized carbons (Fsp3) is 0.333. The SMILES string of the molecule is Cc1nccc(C2CCNC2c2ccccc2)n1. The monoisotopic (exact) mass is 239 g/mol. The van der Waals surface area contributed by atoms with E-state index >= 15 is 0 Å². The summed E-state index contributed by atoms with van der Waals surface area (Å²) in [4.78, 5) is 8.76. The van der Waals surface area contributed by atoms with Gasteiger partial charge in [-0.1, -0.05) is 30.3 Å². The lowest BCUT2D eigenvalue weighted by molar-refractivity contribution is 0.564. The van der Waals surface area contributed by atoms with E-state index < -0.39 is 0 Å². The zero-order valence-corrected chi connectivity index (χ0v) is 10.5. The molecule has 2 heterocycles. The first-order chi connectivity index (χ1) is 8.84. The van der Waals surface area contributed by atoms with Gasteiger partial charge in [0, 0.05) is 23.9 Å². The summed E-state index contributed by atoms with van der Waals surface area (Å²) in [5, 5.41) is 3.58. The Balaban J connectivity index is 1.92. The molecule has 1 fully saturated rings. The van der Waals surface area contributed by atoms with Gasteiger partial charge in [0.1, 0.15) is 5.82 Å². The second-order valence-electron chi connectivity index (χ2n) is 4.77. The highest BCUT2D eigenvalue weighted by atomic mass is 15.0.